The lowest BCUT2D eigenvalue weighted by Gasteiger charge is -2.05. The smallest absolute Gasteiger partial charge is 0.206 e. The average Bonchev–Trinajstić information content (AvgIpc) is 2.54. The molecule has 0 radical (unpaired) electrons. The molecule has 2 aromatic carbocycles. The molecule has 2 aromatic rings. The molecule has 0 aliphatic carbocycles. The molecule has 0 heterocycles. The van der Waals surface area contributed by atoms with Crippen molar-refractivity contribution < 1.29 is 19.4 Å². The van der Waals surface area contributed by atoms with Gasteiger partial charge in [-0.15, -0.1) is 0 Å². The van der Waals surface area contributed by atoms with E-state index in [1.165, 1.54) is 0 Å². The molecule has 0 unspecified atom stereocenters. The van der Waals surface area contributed by atoms with Gasteiger partial charge < -0.3 is 11.5 Å². The lowest BCUT2D eigenvalue weighted by atomic mass is 10.3. The Morgan fingerprint density at radius 3 is 1.35 bits per heavy atom. The highest BCUT2D eigenvalue weighted by Gasteiger charge is 2.16. The average molecular weight is 256 g/mol. The van der Waals surface area contributed by atoms with Gasteiger partial charge in [0.1, 0.15) is 0 Å². The molecular weight excluding hydrogens is 236 g/mol. The quantitative estimate of drug-likeness (QED) is 0.800. The number of nitrogens with two attached hydrogens (primary N) is 2. The molecular formula is C12H12N2O2S. The SMILES string of the molecule is [2H]c1c([2H])c(S(=O)(=O)c2c([2H])c([2H])c(N)c([2H])c2[2H])c([2H])c([2H])c1N. The zero-order valence-electron chi connectivity index (χ0n) is 16.4. The molecule has 0 spiro atoms. The first-order valence-electron chi connectivity index (χ1n) is 8.32. The molecule has 0 fully saturated rings. The number of rotatable bonds is 2. The predicted molar refractivity (Wildman–Crippen MR) is 67.2 cm³/mol. The van der Waals surface area contributed by atoms with Crippen LogP contribution >= 0.6 is 0 Å². The van der Waals surface area contributed by atoms with E-state index in [1.807, 2.05) is 0 Å². The van der Waals surface area contributed by atoms with Gasteiger partial charge in [0.05, 0.1) is 20.8 Å². The molecule has 17 heavy (non-hydrogen) atoms. The van der Waals surface area contributed by atoms with Crippen molar-refractivity contribution in [1.29, 1.82) is 0 Å². The Kier molecular flexibility index (Phi) is 1.23. The first kappa shape index (κ1) is 5.10. The third-order valence-corrected chi connectivity index (χ3v) is 3.26. The fraction of sp³-hybridized carbons (Fsp3) is 0. The van der Waals surface area contributed by atoms with Gasteiger partial charge >= 0.3 is 0 Å². The van der Waals surface area contributed by atoms with Crippen molar-refractivity contribution in [2.24, 2.45) is 0 Å². The number of nitrogen functional groups attached to an aromatic ring is 2. The second-order valence-corrected chi connectivity index (χ2v) is 4.81. The lowest BCUT2D eigenvalue weighted by molar-refractivity contribution is 0.596. The summed E-state index contributed by atoms with van der Waals surface area (Å²) in [5.74, 6) is 0. The molecule has 0 bridgehead atoms. The monoisotopic (exact) mass is 256 g/mol. The van der Waals surface area contributed by atoms with Gasteiger partial charge in [-0.05, 0) is 48.3 Å². The van der Waals surface area contributed by atoms with Crippen molar-refractivity contribution in [3.8, 4) is 0 Å². The molecule has 5 heteroatoms. The van der Waals surface area contributed by atoms with E-state index in [2.05, 4.69) is 0 Å². The number of anilines is 2. The second-order valence-electron chi connectivity index (χ2n) is 2.99. The summed E-state index contributed by atoms with van der Waals surface area (Å²) in [6.07, 6.45) is 0. The van der Waals surface area contributed by atoms with Crippen LogP contribution in [0.4, 0.5) is 11.4 Å². The minimum absolute atomic E-state index is 0.550. The molecule has 2 rings (SSSR count). The minimum Gasteiger partial charge on any atom is -0.399 e. The maximum Gasteiger partial charge on any atom is 0.206 e. The normalized spacial score (nSPS) is 17.9. The van der Waals surface area contributed by atoms with Crippen molar-refractivity contribution in [2.45, 2.75) is 9.79 Å². The molecule has 88 valence electrons. The summed E-state index contributed by atoms with van der Waals surface area (Å²) in [7, 11) is -4.93. The van der Waals surface area contributed by atoms with Gasteiger partial charge in [0.2, 0.25) is 9.84 Å². The van der Waals surface area contributed by atoms with Crippen LogP contribution in [-0.2, 0) is 9.84 Å². The molecule has 4 N–H and O–H groups in total. The van der Waals surface area contributed by atoms with Crippen LogP contribution < -0.4 is 11.5 Å². The Bertz CT molecular complexity index is 889. The van der Waals surface area contributed by atoms with Crippen LogP contribution in [0.15, 0.2) is 58.1 Å². The van der Waals surface area contributed by atoms with E-state index in [9.17, 15) is 8.42 Å². The molecule has 0 saturated carbocycles. The standard InChI is InChI=1S/C12H12N2O2S/c13-9-1-5-11(6-2-9)17(15,16)12-7-3-10(14)4-8-12/h1-8H,13-14H2/i1D,2D,3D,4D,5D,6D,7D,8D. The largest absolute Gasteiger partial charge is 0.399 e. The number of hydrogen-bond donors (Lipinski definition) is 2. The van der Waals surface area contributed by atoms with Crippen molar-refractivity contribution in [1.82, 2.24) is 0 Å². The van der Waals surface area contributed by atoms with E-state index in [4.69, 9.17) is 22.4 Å². The summed E-state index contributed by atoms with van der Waals surface area (Å²) in [6, 6.07) is -7.01. The Morgan fingerprint density at radius 1 is 0.765 bits per heavy atom. The van der Waals surface area contributed by atoms with Crippen molar-refractivity contribution >= 4 is 21.2 Å². The van der Waals surface area contributed by atoms with Gasteiger partial charge in [-0.1, -0.05) is 0 Å². The second kappa shape index (κ2) is 4.10. The number of hydrogen-bond acceptors (Lipinski definition) is 4. The Labute approximate surface area is 111 Å². The summed E-state index contributed by atoms with van der Waals surface area (Å²) in [6.45, 7) is 0. The van der Waals surface area contributed by atoms with E-state index < -0.39 is 79.3 Å². The molecule has 0 aliphatic heterocycles. The third-order valence-electron chi connectivity index (χ3n) is 1.78. The molecule has 0 aliphatic rings. The van der Waals surface area contributed by atoms with E-state index >= 15 is 0 Å². The number of benzene rings is 2. The topological polar surface area (TPSA) is 86.2 Å². The molecule has 0 amide bonds. The lowest BCUT2D eigenvalue weighted by Crippen LogP contribution is -2.02. The summed E-state index contributed by atoms with van der Waals surface area (Å²) in [5, 5.41) is 0. The summed E-state index contributed by atoms with van der Waals surface area (Å²) >= 11 is 0. The molecule has 0 aromatic heterocycles. The first-order chi connectivity index (χ1) is 11.4. The number of sulfone groups is 1. The Morgan fingerprint density at radius 2 is 1.06 bits per heavy atom. The highest BCUT2D eigenvalue weighted by atomic mass is 32.2. The fourth-order valence-electron chi connectivity index (χ4n) is 0.992. The maximum atomic E-state index is 12.9. The summed E-state index contributed by atoms with van der Waals surface area (Å²) in [5.41, 5.74) is 9.70. The zero-order valence-corrected chi connectivity index (χ0v) is 9.20. The van der Waals surface area contributed by atoms with Crippen molar-refractivity contribution in [3.05, 3.63) is 48.3 Å². The third kappa shape index (κ3) is 2.24. The predicted octanol–water partition coefficient (Wildman–Crippen LogP) is 1.68. The Balaban J connectivity index is 3.02. The van der Waals surface area contributed by atoms with E-state index in [0.29, 0.717) is 0 Å². The van der Waals surface area contributed by atoms with Gasteiger partial charge in [-0.2, -0.15) is 0 Å². The van der Waals surface area contributed by atoms with Crippen LogP contribution in [0.3, 0.4) is 0 Å². The van der Waals surface area contributed by atoms with Crippen LogP contribution in [0.1, 0.15) is 11.0 Å². The van der Waals surface area contributed by atoms with Crippen LogP contribution in [-0.4, -0.2) is 8.42 Å². The zero-order chi connectivity index (χ0) is 19.4. The maximum absolute atomic E-state index is 12.9. The van der Waals surface area contributed by atoms with E-state index in [0.717, 1.165) is 0 Å². The van der Waals surface area contributed by atoms with Crippen LogP contribution in [0, 0.1) is 0 Å². The van der Waals surface area contributed by atoms with E-state index in [1.54, 1.807) is 0 Å². The van der Waals surface area contributed by atoms with Crippen LogP contribution in [0.25, 0.3) is 0 Å². The molecule has 0 atom stereocenters. The van der Waals surface area contributed by atoms with Gasteiger partial charge in [0.15, 0.2) is 0 Å². The van der Waals surface area contributed by atoms with Gasteiger partial charge in [0.25, 0.3) is 0 Å². The highest BCUT2D eigenvalue weighted by Crippen LogP contribution is 2.22. The fourth-order valence-corrected chi connectivity index (χ4v) is 1.94. The van der Waals surface area contributed by atoms with Gasteiger partial charge in [-0.25, -0.2) is 8.42 Å². The first-order valence-corrected chi connectivity index (χ1v) is 5.80. The molecule has 0 saturated heterocycles. The van der Waals surface area contributed by atoms with Crippen molar-refractivity contribution in [3.63, 3.8) is 0 Å². The summed E-state index contributed by atoms with van der Waals surface area (Å²) in [4.78, 5) is -2.16. The summed E-state index contributed by atoms with van der Waals surface area (Å²) < 4.78 is 87.3. The van der Waals surface area contributed by atoms with Gasteiger partial charge in [-0.3, -0.25) is 0 Å². The highest BCUT2D eigenvalue weighted by molar-refractivity contribution is 7.91. The minimum atomic E-state index is -4.93. The van der Waals surface area contributed by atoms with Crippen LogP contribution in [0.2, 0.25) is 0 Å². The van der Waals surface area contributed by atoms with Gasteiger partial charge in [0, 0.05) is 11.4 Å². The van der Waals surface area contributed by atoms with Crippen molar-refractivity contribution in [2.75, 3.05) is 11.5 Å². The molecule has 4 nitrogen and oxygen atoms in total. The Hall–Kier alpha value is -2.01. The van der Waals surface area contributed by atoms with E-state index in [-0.39, 0.29) is 0 Å². The van der Waals surface area contributed by atoms with Crippen LogP contribution in [0.5, 0.6) is 0 Å².